The van der Waals surface area contributed by atoms with Gasteiger partial charge in [-0.25, -0.2) is 0 Å². The van der Waals surface area contributed by atoms with E-state index in [2.05, 4.69) is 0 Å². The molecule has 4 rings (SSSR count). The predicted molar refractivity (Wildman–Crippen MR) is 100 cm³/mol. The highest BCUT2D eigenvalue weighted by Crippen LogP contribution is 2.48. The molecule has 0 N–H and O–H groups in total. The standard InChI is InChI=1S/C20H20ClNO5/c1-24-16-8-7-13(11-17(16)25-2)12-22-18-14(5-3-6-15(18)21)20(19(22)23)26-9-4-10-27-20/h3,5-8,11H,4,9-10,12H2,1-2H3. The van der Waals surface area contributed by atoms with Crippen molar-refractivity contribution in [3.05, 3.63) is 52.5 Å². The summed E-state index contributed by atoms with van der Waals surface area (Å²) in [5.74, 6) is -0.446. The summed E-state index contributed by atoms with van der Waals surface area (Å²) in [5.41, 5.74) is 2.15. The van der Waals surface area contributed by atoms with Crippen LogP contribution in [0.2, 0.25) is 5.02 Å². The Labute approximate surface area is 162 Å². The first-order chi connectivity index (χ1) is 13.1. The lowest BCUT2D eigenvalue weighted by Gasteiger charge is -2.32. The minimum absolute atomic E-state index is 0.264. The summed E-state index contributed by atoms with van der Waals surface area (Å²) < 4.78 is 22.4. The van der Waals surface area contributed by atoms with Crippen molar-refractivity contribution in [3.8, 4) is 11.5 Å². The van der Waals surface area contributed by atoms with E-state index in [9.17, 15) is 4.79 Å². The van der Waals surface area contributed by atoms with E-state index in [1.807, 2.05) is 24.3 Å². The van der Waals surface area contributed by atoms with E-state index in [0.29, 0.717) is 47.5 Å². The summed E-state index contributed by atoms with van der Waals surface area (Å²) in [6.45, 7) is 1.23. The van der Waals surface area contributed by atoms with Crippen LogP contribution in [0, 0.1) is 0 Å². The summed E-state index contributed by atoms with van der Waals surface area (Å²) in [6.07, 6.45) is 0.751. The molecule has 1 saturated heterocycles. The Balaban J connectivity index is 1.75. The van der Waals surface area contributed by atoms with Crippen molar-refractivity contribution >= 4 is 23.2 Å². The van der Waals surface area contributed by atoms with E-state index in [1.54, 1.807) is 31.3 Å². The summed E-state index contributed by atoms with van der Waals surface area (Å²) in [4.78, 5) is 15.0. The smallest absolute Gasteiger partial charge is 0.292 e. The van der Waals surface area contributed by atoms with Gasteiger partial charge >= 0.3 is 0 Å². The van der Waals surface area contributed by atoms with Gasteiger partial charge in [0.05, 0.1) is 44.7 Å². The Bertz CT molecular complexity index is 879. The molecule has 1 fully saturated rings. The minimum Gasteiger partial charge on any atom is -0.493 e. The van der Waals surface area contributed by atoms with Gasteiger partial charge in [-0.3, -0.25) is 4.79 Å². The van der Waals surface area contributed by atoms with Crippen molar-refractivity contribution in [2.24, 2.45) is 0 Å². The third-order valence-electron chi connectivity index (χ3n) is 4.83. The van der Waals surface area contributed by atoms with Crippen LogP contribution in [0.15, 0.2) is 36.4 Å². The second-order valence-corrected chi connectivity index (χ2v) is 6.79. The topological polar surface area (TPSA) is 57.2 Å². The largest absolute Gasteiger partial charge is 0.493 e. The molecule has 1 spiro atoms. The van der Waals surface area contributed by atoms with Gasteiger partial charge in [0.1, 0.15) is 0 Å². The quantitative estimate of drug-likeness (QED) is 0.801. The molecule has 0 atom stereocenters. The molecule has 2 aromatic carbocycles. The number of anilines is 1. The van der Waals surface area contributed by atoms with Crippen LogP contribution < -0.4 is 14.4 Å². The maximum absolute atomic E-state index is 13.3. The second kappa shape index (κ2) is 7.03. The lowest BCUT2D eigenvalue weighted by molar-refractivity contribution is -0.256. The monoisotopic (exact) mass is 389 g/mol. The first-order valence-electron chi connectivity index (χ1n) is 8.70. The molecule has 2 aromatic rings. The highest BCUT2D eigenvalue weighted by Gasteiger charge is 2.55. The normalized spacial score (nSPS) is 17.9. The molecular weight excluding hydrogens is 370 g/mol. The molecule has 0 aromatic heterocycles. The van der Waals surface area contributed by atoms with Gasteiger partial charge in [-0.05, 0) is 30.2 Å². The Morgan fingerprint density at radius 3 is 2.56 bits per heavy atom. The van der Waals surface area contributed by atoms with E-state index in [0.717, 1.165) is 12.0 Å². The Morgan fingerprint density at radius 1 is 1.11 bits per heavy atom. The maximum atomic E-state index is 13.3. The number of nitrogens with zero attached hydrogens (tertiary/aromatic N) is 1. The molecule has 2 heterocycles. The molecule has 2 aliphatic heterocycles. The van der Waals surface area contributed by atoms with Crippen LogP contribution in [0.4, 0.5) is 5.69 Å². The summed E-state index contributed by atoms with van der Waals surface area (Å²) in [7, 11) is 3.16. The number of benzene rings is 2. The number of ether oxygens (including phenoxy) is 4. The fourth-order valence-electron chi connectivity index (χ4n) is 3.57. The van der Waals surface area contributed by atoms with Gasteiger partial charge in [0.15, 0.2) is 11.5 Å². The van der Waals surface area contributed by atoms with Crippen LogP contribution in [0.3, 0.4) is 0 Å². The lowest BCUT2D eigenvalue weighted by Crippen LogP contribution is -2.47. The third-order valence-corrected chi connectivity index (χ3v) is 5.13. The highest BCUT2D eigenvalue weighted by atomic mass is 35.5. The third kappa shape index (κ3) is 2.84. The van der Waals surface area contributed by atoms with E-state index in [1.165, 1.54) is 0 Å². The van der Waals surface area contributed by atoms with Gasteiger partial charge in [-0.1, -0.05) is 29.8 Å². The van der Waals surface area contributed by atoms with Crippen molar-refractivity contribution in [2.75, 3.05) is 32.3 Å². The Hall–Kier alpha value is -2.28. The number of carbonyl (C=O) groups is 1. The molecule has 0 radical (unpaired) electrons. The maximum Gasteiger partial charge on any atom is 0.292 e. The van der Waals surface area contributed by atoms with Gasteiger partial charge in [0, 0.05) is 5.56 Å². The molecule has 2 aliphatic rings. The number of halogens is 1. The van der Waals surface area contributed by atoms with E-state index in [4.69, 9.17) is 30.5 Å². The number of amides is 1. The zero-order chi connectivity index (χ0) is 19.0. The molecule has 142 valence electrons. The molecule has 27 heavy (non-hydrogen) atoms. The fourth-order valence-corrected chi connectivity index (χ4v) is 3.85. The van der Waals surface area contributed by atoms with Gasteiger partial charge < -0.3 is 23.8 Å². The molecular formula is C20H20ClNO5. The number of carbonyl (C=O) groups excluding carboxylic acids is 1. The molecule has 0 unspecified atom stereocenters. The van der Waals surface area contributed by atoms with Crippen LogP contribution in [0.5, 0.6) is 11.5 Å². The van der Waals surface area contributed by atoms with Gasteiger partial charge in [0.25, 0.3) is 11.7 Å². The van der Waals surface area contributed by atoms with Crippen molar-refractivity contribution in [1.82, 2.24) is 0 Å². The zero-order valence-corrected chi connectivity index (χ0v) is 15.9. The van der Waals surface area contributed by atoms with E-state index < -0.39 is 5.79 Å². The van der Waals surface area contributed by atoms with Crippen molar-refractivity contribution < 1.29 is 23.7 Å². The van der Waals surface area contributed by atoms with Crippen molar-refractivity contribution in [3.63, 3.8) is 0 Å². The molecule has 6 nitrogen and oxygen atoms in total. The SMILES string of the molecule is COc1ccc(CN2C(=O)C3(OCCCO3)c3cccc(Cl)c32)cc1OC. The fraction of sp³-hybridized carbons (Fsp3) is 0.350. The highest BCUT2D eigenvalue weighted by molar-refractivity contribution is 6.35. The van der Waals surface area contributed by atoms with Crippen LogP contribution in [-0.4, -0.2) is 33.3 Å². The number of hydrogen-bond acceptors (Lipinski definition) is 5. The average molecular weight is 390 g/mol. The lowest BCUT2D eigenvalue weighted by atomic mass is 10.1. The first-order valence-corrected chi connectivity index (χ1v) is 9.08. The number of fused-ring (bicyclic) bond motifs is 2. The van der Waals surface area contributed by atoms with E-state index in [-0.39, 0.29) is 5.91 Å². The first kappa shape index (κ1) is 18.1. The number of hydrogen-bond donors (Lipinski definition) is 0. The van der Waals surface area contributed by atoms with Gasteiger partial charge in [-0.2, -0.15) is 0 Å². The number of rotatable bonds is 4. The summed E-state index contributed by atoms with van der Waals surface area (Å²) >= 11 is 6.45. The van der Waals surface area contributed by atoms with Gasteiger partial charge in [0.2, 0.25) is 0 Å². The predicted octanol–water partition coefficient (Wildman–Crippen LogP) is 3.49. The minimum atomic E-state index is -1.41. The molecule has 0 bridgehead atoms. The van der Waals surface area contributed by atoms with Crippen LogP contribution in [-0.2, 0) is 26.6 Å². The molecule has 7 heteroatoms. The summed E-state index contributed by atoms with van der Waals surface area (Å²) in [6, 6.07) is 10.9. The molecule has 1 amide bonds. The Kier molecular flexibility index (Phi) is 4.72. The van der Waals surface area contributed by atoms with Gasteiger partial charge in [-0.15, -0.1) is 0 Å². The number of para-hydroxylation sites is 1. The van der Waals surface area contributed by atoms with E-state index >= 15 is 0 Å². The van der Waals surface area contributed by atoms with Crippen LogP contribution in [0.25, 0.3) is 0 Å². The Morgan fingerprint density at radius 2 is 1.85 bits per heavy atom. The van der Waals surface area contributed by atoms with Crippen molar-refractivity contribution in [2.45, 2.75) is 18.8 Å². The molecule has 0 aliphatic carbocycles. The average Bonchev–Trinajstić information content (AvgIpc) is 2.92. The summed E-state index contributed by atoms with van der Waals surface area (Å²) in [5, 5.41) is 0.482. The molecule has 0 saturated carbocycles. The van der Waals surface area contributed by atoms with Crippen LogP contribution in [0.1, 0.15) is 17.5 Å². The van der Waals surface area contributed by atoms with Crippen molar-refractivity contribution in [1.29, 1.82) is 0 Å². The number of methoxy groups -OCH3 is 2. The second-order valence-electron chi connectivity index (χ2n) is 6.38. The zero-order valence-electron chi connectivity index (χ0n) is 15.2. The van der Waals surface area contributed by atoms with Crippen LogP contribution >= 0.6 is 11.6 Å².